The van der Waals surface area contributed by atoms with Crippen molar-refractivity contribution in [2.24, 2.45) is 11.8 Å². The first-order valence-electron chi connectivity index (χ1n) is 13.8. The molecule has 4 aromatic rings. The minimum absolute atomic E-state index is 0.0279. The van der Waals surface area contributed by atoms with Crippen molar-refractivity contribution in [1.29, 1.82) is 0 Å². The first-order valence-corrected chi connectivity index (χ1v) is 13.8. The lowest BCUT2D eigenvalue weighted by atomic mass is 9.65. The Labute approximate surface area is 250 Å². The van der Waals surface area contributed by atoms with Gasteiger partial charge in [-0.25, -0.2) is 4.39 Å². The Balaban J connectivity index is 1.31. The zero-order valence-electron chi connectivity index (χ0n) is 23.9. The van der Waals surface area contributed by atoms with Gasteiger partial charge in [0.25, 0.3) is 5.91 Å². The molecule has 0 bridgehead atoms. The molecule has 7 rings (SSSR count). The molecule has 2 aliphatic heterocycles. The zero-order chi connectivity index (χ0) is 30.5. The maximum atomic E-state index is 13.6. The van der Waals surface area contributed by atoms with E-state index >= 15 is 0 Å². The fourth-order valence-corrected chi connectivity index (χ4v) is 6.38. The number of esters is 1. The van der Waals surface area contributed by atoms with Gasteiger partial charge in [0.05, 0.1) is 39.9 Å². The third-order valence-corrected chi connectivity index (χ3v) is 8.39. The van der Waals surface area contributed by atoms with Crippen molar-refractivity contribution in [3.05, 3.63) is 82.8 Å². The van der Waals surface area contributed by atoms with Crippen LogP contribution in [0.1, 0.15) is 39.1 Å². The molecule has 226 valence electrons. The Morgan fingerprint density at radius 2 is 1.59 bits per heavy atom. The Morgan fingerprint density at radius 1 is 0.909 bits per heavy atom. The van der Waals surface area contributed by atoms with Crippen molar-refractivity contribution in [3.63, 3.8) is 0 Å². The summed E-state index contributed by atoms with van der Waals surface area (Å²) in [5.74, 6) is -0.255. The molecule has 12 heteroatoms. The number of rotatable bonds is 7. The third kappa shape index (κ3) is 4.45. The Kier molecular flexibility index (Phi) is 6.75. The molecule has 1 amide bonds. The second kappa shape index (κ2) is 10.8. The molecule has 3 aromatic carbocycles. The van der Waals surface area contributed by atoms with E-state index in [1.165, 1.54) is 51.7 Å². The second-order valence-electron chi connectivity index (χ2n) is 10.6. The topological polar surface area (TPSA) is 128 Å². The molecule has 0 spiro atoms. The molecule has 0 radical (unpaired) electrons. The smallest absolute Gasteiger partial charge is 0.310 e. The number of aromatic nitrogens is 1. The summed E-state index contributed by atoms with van der Waals surface area (Å²) in [7, 11) is 4.57. The summed E-state index contributed by atoms with van der Waals surface area (Å²) >= 11 is 0. The highest BCUT2D eigenvalue weighted by Gasteiger charge is 2.53. The average Bonchev–Trinajstić information content (AvgIpc) is 3.80. The monoisotopic (exact) mass is 602 g/mol. The van der Waals surface area contributed by atoms with Gasteiger partial charge >= 0.3 is 5.97 Å². The molecule has 4 atom stereocenters. The first-order chi connectivity index (χ1) is 21.4. The summed E-state index contributed by atoms with van der Waals surface area (Å²) < 4.78 is 52.6. The second-order valence-corrected chi connectivity index (χ2v) is 10.6. The summed E-state index contributed by atoms with van der Waals surface area (Å²) in [6.07, 6.45) is 0. The average molecular weight is 603 g/mol. The summed E-state index contributed by atoms with van der Waals surface area (Å²) in [5, 5.41) is 7.01. The van der Waals surface area contributed by atoms with E-state index in [1.54, 1.807) is 0 Å². The van der Waals surface area contributed by atoms with Gasteiger partial charge in [0.1, 0.15) is 5.82 Å². The normalized spacial score (nSPS) is 21.2. The minimum Gasteiger partial charge on any atom is -0.493 e. The first kappa shape index (κ1) is 27.6. The molecule has 11 nitrogen and oxygen atoms in total. The molecule has 3 heterocycles. The van der Waals surface area contributed by atoms with E-state index in [4.69, 9.17) is 32.9 Å². The fourth-order valence-electron chi connectivity index (χ4n) is 6.38. The number of nitrogens with one attached hydrogen (secondary N) is 1. The molecule has 1 N–H and O–H groups in total. The molecule has 1 saturated heterocycles. The number of carbonyl (C=O) groups is 2. The maximum Gasteiger partial charge on any atom is 0.310 e. The van der Waals surface area contributed by atoms with Gasteiger partial charge < -0.3 is 38.3 Å². The Hall–Kier alpha value is -5.26. The van der Waals surface area contributed by atoms with Gasteiger partial charge in [-0.15, -0.1) is 0 Å². The predicted molar refractivity (Wildman–Crippen MR) is 151 cm³/mol. The van der Waals surface area contributed by atoms with Crippen molar-refractivity contribution in [2.45, 2.75) is 12.0 Å². The SMILES string of the molecule is COc1cc([C@@H]2c3cc4c(cc3[C@@H](NC(=O)c3cc(-c5ccc(F)cc5)on3)[C@H]3COC(=O)[C@H]23)OCO4)cc(OC)c1OC. The molecule has 3 aliphatic rings. The molecular formula is C32H27FN2O9. The van der Waals surface area contributed by atoms with Gasteiger partial charge in [-0.3, -0.25) is 9.59 Å². The summed E-state index contributed by atoms with van der Waals surface area (Å²) in [6, 6.07) is 13.8. The van der Waals surface area contributed by atoms with Crippen LogP contribution in [-0.2, 0) is 9.53 Å². The highest BCUT2D eigenvalue weighted by atomic mass is 19.1. The van der Waals surface area contributed by atoms with E-state index < -0.39 is 41.5 Å². The number of methoxy groups -OCH3 is 3. The minimum atomic E-state index is -0.664. The van der Waals surface area contributed by atoms with Crippen LogP contribution in [0.5, 0.6) is 28.7 Å². The van der Waals surface area contributed by atoms with Crippen molar-refractivity contribution >= 4 is 11.9 Å². The Bertz CT molecular complexity index is 1750. The Morgan fingerprint density at radius 3 is 2.25 bits per heavy atom. The van der Waals surface area contributed by atoms with Crippen LogP contribution in [-0.4, -0.2) is 51.8 Å². The van der Waals surface area contributed by atoms with E-state index in [0.717, 1.165) is 16.7 Å². The zero-order valence-corrected chi connectivity index (χ0v) is 23.9. The third-order valence-electron chi connectivity index (χ3n) is 8.39. The number of hydrogen-bond donors (Lipinski definition) is 1. The lowest BCUT2D eigenvalue weighted by Crippen LogP contribution is -2.43. The van der Waals surface area contributed by atoms with Gasteiger partial charge in [0, 0.05) is 23.5 Å². The lowest BCUT2D eigenvalue weighted by molar-refractivity contribution is -0.141. The number of fused-ring (bicyclic) bond motifs is 3. The van der Waals surface area contributed by atoms with Gasteiger partial charge in [-0.2, -0.15) is 0 Å². The molecule has 1 aliphatic carbocycles. The van der Waals surface area contributed by atoms with Gasteiger partial charge in [0.2, 0.25) is 12.5 Å². The number of halogens is 1. The number of amides is 1. The molecular weight excluding hydrogens is 575 g/mol. The van der Waals surface area contributed by atoms with Crippen molar-refractivity contribution in [1.82, 2.24) is 10.5 Å². The van der Waals surface area contributed by atoms with Crippen molar-refractivity contribution < 1.29 is 46.9 Å². The van der Waals surface area contributed by atoms with Crippen LogP contribution in [0, 0.1) is 17.7 Å². The lowest BCUT2D eigenvalue weighted by Gasteiger charge is -2.39. The molecule has 44 heavy (non-hydrogen) atoms. The van der Waals surface area contributed by atoms with E-state index in [9.17, 15) is 14.0 Å². The van der Waals surface area contributed by atoms with Gasteiger partial charge in [0.15, 0.2) is 34.5 Å². The number of benzene rings is 3. The highest BCUT2D eigenvalue weighted by molar-refractivity contribution is 5.93. The van der Waals surface area contributed by atoms with Crippen molar-refractivity contribution in [2.75, 3.05) is 34.7 Å². The van der Waals surface area contributed by atoms with Crippen LogP contribution in [0.15, 0.2) is 59.1 Å². The summed E-state index contributed by atoms with van der Waals surface area (Å²) in [5.41, 5.74) is 2.82. The van der Waals surface area contributed by atoms with Crippen LogP contribution in [0.3, 0.4) is 0 Å². The summed E-state index contributed by atoms with van der Waals surface area (Å²) in [6.45, 7) is 0.132. The molecule has 1 fully saturated rings. The molecule has 0 saturated carbocycles. The van der Waals surface area contributed by atoms with Gasteiger partial charge in [-0.05, 0) is 65.2 Å². The number of nitrogens with zero attached hydrogens (tertiary/aromatic N) is 1. The summed E-state index contributed by atoms with van der Waals surface area (Å²) in [4.78, 5) is 27.0. The van der Waals surface area contributed by atoms with Crippen LogP contribution in [0.25, 0.3) is 11.3 Å². The molecule has 1 aromatic heterocycles. The van der Waals surface area contributed by atoms with E-state index in [1.807, 2.05) is 24.3 Å². The number of hydrogen-bond acceptors (Lipinski definition) is 10. The maximum absolute atomic E-state index is 13.6. The largest absolute Gasteiger partial charge is 0.493 e. The van der Waals surface area contributed by atoms with Gasteiger partial charge in [-0.1, -0.05) is 5.16 Å². The molecule has 0 unspecified atom stereocenters. The van der Waals surface area contributed by atoms with E-state index in [2.05, 4.69) is 10.5 Å². The van der Waals surface area contributed by atoms with Crippen molar-refractivity contribution in [3.8, 4) is 40.1 Å². The van der Waals surface area contributed by atoms with E-state index in [-0.39, 0.29) is 19.1 Å². The highest BCUT2D eigenvalue weighted by Crippen LogP contribution is 2.55. The van der Waals surface area contributed by atoms with Crippen LogP contribution in [0.4, 0.5) is 4.39 Å². The van der Waals surface area contributed by atoms with Crippen LogP contribution < -0.4 is 29.0 Å². The number of cyclic esters (lactones) is 1. The van der Waals surface area contributed by atoms with Crippen LogP contribution >= 0.6 is 0 Å². The quantitative estimate of drug-likeness (QED) is 0.299. The van der Waals surface area contributed by atoms with E-state index in [0.29, 0.717) is 40.1 Å². The van der Waals surface area contributed by atoms with Crippen LogP contribution in [0.2, 0.25) is 0 Å². The number of ether oxygens (including phenoxy) is 6. The predicted octanol–water partition coefficient (Wildman–Crippen LogP) is 4.64. The fraction of sp³-hybridized carbons (Fsp3) is 0.281. The standard InChI is InChI=1S/C32H27FN2O9/c1-38-25-8-16(9-26(39-2)30(25)40-3)27-18-10-23-24(43-14-42-23)11-19(18)29(20-13-41-32(37)28(20)27)34-31(36)21-12-22(44-35-21)15-4-6-17(33)7-5-15/h4-12,20,27-29H,13-14H2,1-3H3,(H,34,36)/t20-,27+,28-,29+/m0/s1. The number of carbonyl (C=O) groups excluding carboxylic acids is 2.